The second-order valence-electron chi connectivity index (χ2n) is 6.16. The number of nitrogens with one attached hydrogen (secondary N) is 2. The van der Waals surface area contributed by atoms with Gasteiger partial charge in [-0.15, -0.1) is 0 Å². The van der Waals surface area contributed by atoms with E-state index in [0.717, 1.165) is 64.7 Å². The summed E-state index contributed by atoms with van der Waals surface area (Å²) in [4.78, 5) is 25.0. The van der Waals surface area contributed by atoms with Crippen molar-refractivity contribution in [3.8, 4) is 0 Å². The average molecular weight is 334 g/mol. The van der Waals surface area contributed by atoms with Crippen LogP contribution in [-0.4, -0.2) is 79.4 Å². The summed E-state index contributed by atoms with van der Waals surface area (Å²) in [5.41, 5.74) is 0. The normalized spacial score (nSPS) is 19.9. The summed E-state index contributed by atoms with van der Waals surface area (Å²) in [6, 6.07) is 1.96. The number of nitrogens with zero attached hydrogens (tertiary/aromatic N) is 4. The zero-order chi connectivity index (χ0) is 16.6. The lowest BCUT2D eigenvalue weighted by Crippen LogP contribution is -2.49. The third-order valence-corrected chi connectivity index (χ3v) is 4.48. The Morgan fingerprint density at radius 1 is 1.17 bits per heavy atom. The van der Waals surface area contributed by atoms with Crippen LogP contribution in [0.2, 0.25) is 0 Å². The highest BCUT2D eigenvalue weighted by molar-refractivity contribution is 5.74. The molecule has 132 valence electrons. The van der Waals surface area contributed by atoms with Gasteiger partial charge >= 0.3 is 6.03 Å². The Labute approximate surface area is 142 Å². The van der Waals surface area contributed by atoms with E-state index in [1.807, 2.05) is 6.07 Å². The molecule has 0 spiro atoms. The number of hydrogen-bond donors (Lipinski definition) is 2. The molecular formula is C16H26N6O2. The van der Waals surface area contributed by atoms with E-state index in [2.05, 4.69) is 30.4 Å². The van der Waals surface area contributed by atoms with Crippen molar-refractivity contribution in [2.75, 3.05) is 57.4 Å². The van der Waals surface area contributed by atoms with E-state index in [4.69, 9.17) is 4.74 Å². The fourth-order valence-electron chi connectivity index (χ4n) is 3.07. The number of amides is 2. The highest BCUT2D eigenvalue weighted by atomic mass is 16.5. The second-order valence-corrected chi connectivity index (χ2v) is 6.16. The second kappa shape index (κ2) is 8.79. The van der Waals surface area contributed by atoms with Crippen LogP contribution in [0.15, 0.2) is 18.5 Å². The molecule has 0 atom stereocenters. The minimum atomic E-state index is -0.0716. The number of aromatic nitrogens is 2. The van der Waals surface area contributed by atoms with Crippen molar-refractivity contribution in [1.82, 2.24) is 25.5 Å². The molecule has 8 nitrogen and oxygen atoms in total. The van der Waals surface area contributed by atoms with Crippen LogP contribution in [0.5, 0.6) is 0 Å². The Bertz CT molecular complexity index is 501. The Morgan fingerprint density at radius 3 is 2.58 bits per heavy atom. The molecule has 2 aliphatic rings. The monoisotopic (exact) mass is 334 g/mol. The predicted octanol–water partition coefficient (Wildman–Crippen LogP) is 0.0768. The van der Waals surface area contributed by atoms with Gasteiger partial charge in [-0.25, -0.2) is 14.8 Å². The molecule has 8 heteroatoms. The minimum Gasteiger partial charge on any atom is -0.379 e. The highest BCUT2D eigenvalue weighted by Gasteiger charge is 2.22. The van der Waals surface area contributed by atoms with Gasteiger partial charge in [0.1, 0.15) is 0 Å². The summed E-state index contributed by atoms with van der Waals surface area (Å²) in [5.74, 6) is 0.769. The maximum absolute atomic E-state index is 12.0. The summed E-state index contributed by atoms with van der Waals surface area (Å²) in [7, 11) is 0. The van der Waals surface area contributed by atoms with Gasteiger partial charge in [-0.3, -0.25) is 4.90 Å². The van der Waals surface area contributed by atoms with Gasteiger partial charge in [0.2, 0.25) is 5.95 Å². The van der Waals surface area contributed by atoms with Crippen molar-refractivity contribution in [3.05, 3.63) is 18.5 Å². The lowest BCUT2D eigenvalue weighted by molar-refractivity contribution is 0.0387. The fraction of sp³-hybridized carbons (Fsp3) is 0.688. The third kappa shape index (κ3) is 5.04. The number of hydrogen-bond acceptors (Lipinski definition) is 6. The lowest BCUT2D eigenvalue weighted by atomic mass is 10.1. The van der Waals surface area contributed by atoms with Gasteiger partial charge < -0.3 is 20.3 Å². The molecule has 0 saturated carbocycles. The molecule has 0 aromatic carbocycles. The highest BCUT2D eigenvalue weighted by Crippen LogP contribution is 2.15. The van der Waals surface area contributed by atoms with E-state index < -0.39 is 0 Å². The molecule has 2 fully saturated rings. The van der Waals surface area contributed by atoms with Gasteiger partial charge in [-0.2, -0.15) is 0 Å². The Balaban J connectivity index is 1.31. The van der Waals surface area contributed by atoms with Crippen LogP contribution < -0.4 is 15.5 Å². The first-order chi connectivity index (χ1) is 11.8. The molecule has 0 aliphatic carbocycles. The van der Waals surface area contributed by atoms with Gasteiger partial charge in [0.25, 0.3) is 0 Å². The summed E-state index contributed by atoms with van der Waals surface area (Å²) < 4.78 is 5.31. The Hall–Kier alpha value is -1.93. The van der Waals surface area contributed by atoms with Crippen molar-refractivity contribution in [2.24, 2.45) is 0 Å². The van der Waals surface area contributed by atoms with E-state index in [9.17, 15) is 4.79 Å². The maximum Gasteiger partial charge on any atom is 0.315 e. The zero-order valence-electron chi connectivity index (χ0n) is 14.0. The quantitative estimate of drug-likeness (QED) is 0.793. The van der Waals surface area contributed by atoms with Crippen molar-refractivity contribution in [3.63, 3.8) is 0 Å². The standard InChI is InChI=1S/C16H26N6O2/c23-16(19-6-9-21-10-12-24-13-11-21)20-14-2-7-22(8-3-14)15-17-4-1-5-18-15/h1,4-5,14H,2-3,6-13H2,(H2,19,20,23). The average Bonchev–Trinajstić information content (AvgIpc) is 2.64. The van der Waals surface area contributed by atoms with Gasteiger partial charge in [-0.05, 0) is 18.9 Å². The molecule has 2 saturated heterocycles. The van der Waals surface area contributed by atoms with Crippen molar-refractivity contribution in [2.45, 2.75) is 18.9 Å². The molecule has 3 heterocycles. The number of carbonyl (C=O) groups is 1. The fourth-order valence-corrected chi connectivity index (χ4v) is 3.07. The lowest BCUT2D eigenvalue weighted by Gasteiger charge is -2.32. The van der Waals surface area contributed by atoms with Crippen LogP contribution in [0.25, 0.3) is 0 Å². The predicted molar refractivity (Wildman–Crippen MR) is 91.1 cm³/mol. The molecule has 1 aromatic heterocycles. The summed E-state index contributed by atoms with van der Waals surface area (Å²) in [5, 5.41) is 6.02. The SMILES string of the molecule is O=C(NCCN1CCOCC1)NC1CCN(c2ncccn2)CC1. The van der Waals surface area contributed by atoms with E-state index in [1.165, 1.54) is 0 Å². The molecular weight excluding hydrogens is 308 g/mol. The number of urea groups is 1. The van der Waals surface area contributed by atoms with Gasteiger partial charge in [0, 0.05) is 57.7 Å². The number of piperidine rings is 1. The number of morpholine rings is 1. The molecule has 0 unspecified atom stereocenters. The smallest absolute Gasteiger partial charge is 0.315 e. The summed E-state index contributed by atoms with van der Waals surface area (Å²) in [6.07, 6.45) is 5.34. The van der Waals surface area contributed by atoms with Crippen LogP contribution in [0, 0.1) is 0 Å². The van der Waals surface area contributed by atoms with Crippen molar-refractivity contribution >= 4 is 12.0 Å². The van der Waals surface area contributed by atoms with Crippen molar-refractivity contribution in [1.29, 1.82) is 0 Å². The van der Waals surface area contributed by atoms with Gasteiger partial charge in [0.15, 0.2) is 0 Å². The first kappa shape index (κ1) is 16.9. The number of anilines is 1. The molecule has 3 rings (SSSR count). The molecule has 2 aliphatic heterocycles. The molecule has 2 N–H and O–H groups in total. The van der Waals surface area contributed by atoms with E-state index in [1.54, 1.807) is 12.4 Å². The number of carbonyl (C=O) groups excluding carboxylic acids is 1. The molecule has 0 bridgehead atoms. The van der Waals surface area contributed by atoms with E-state index in [-0.39, 0.29) is 12.1 Å². The molecule has 24 heavy (non-hydrogen) atoms. The largest absolute Gasteiger partial charge is 0.379 e. The maximum atomic E-state index is 12.0. The van der Waals surface area contributed by atoms with Gasteiger partial charge in [-0.1, -0.05) is 0 Å². The van der Waals surface area contributed by atoms with Crippen LogP contribution in [0.3, 0.4) is 0 Å². The molecule has 0 radical (unpaired) electrons. The molecule has 1 aromatic rings. The van der Waals surface area contributed by atoms with E-state index >= 15 is 0 Å². The van der Waals surface area contributed by atoms with Crippen LogP contribution >= 0.6 is 0 Å². The third-order valence-electron chi connectivity index (χ3n) is 4.48. The molecule has 2 amide bonds. The minimum absolute atomic E-state index is 0.0716. The van der Waals surface area contributed by atoms with Crippen LogP contribution in [0.1, 0.15) is 12.8 Å². The van der Waals surface area contributed by atoms with Crippen LogP contribution in [0.4, 0.5) is 10.7 Å². The van der Waals surface area contributed by atoms with Crippen molar-refractivity contribution < 1.29 is 9.53 Å². The first-order valence-corrected chi connectivity index (χ1v) is 8.68. The number of rotatable bonds is 5. The summed E-state index contributed by atoms with van der Waals surface area (Å²) >= 11 is 0. The topological polar surface area (TPSA) is 82.6 Å². The van der Waals surface area contributed by atoms with Crippen LogP contribution in [-0.2, 0) is 4.74 Å². The number of ether oxygens (including phenoxy) is 1. The zero-order valence-corrected chi connectivity index (χ0v) is 14.0. The first-order valence-electron chi connectivity index (χ1n) is 8.68. The van der Waals surface area contributed by atoms with Gasteiger partial charge in [0.05, 0.1) is 13.2 Å². The summed E-state index contributed by atoms with van der Waals surface area (Å²) in [6.45, 7) is 6.74. The Kier molecular flexibility index (Phi) is 6.20. The Morgan fingerprint density at radius 2 is 1.88 bits per heavy atom. The van der Waals surface area contributed by atoms with E-state index in [0.29, 0.717) is 6.54 Å².